The van der Waals surface area contributed by atoms with Gasteiger partial charge in [-0.15, -0.1) is 11.8 Å². The summed E-state index contributed by atoms with van der Waals surface area (Å²) in [6, 6.07) is 11.8. The van der Waals surface area contributed by atoms with Crippen molar-refractivity contribution in [2.45, 2.75) is 34.8 Å². The molecule has 2 aromatic carbocycles. The second kappa shape index (κ2) is 9.38. The summed E-state index contributed by atoms with van der Waals surface area (Å²) < 4.78 is 32.4. The minimum absolute atomic E-state index is 0.147. The average Bonchev–Trinajstić information content (AvgIpc) is 3.25. The van der Waals surface area contributed by atoms with Crippen molar-refractivity contribution < 1.29 is 17.9 Å². The largest absolute Gasteiger partial charge is 0.495 e. The molecule has 1 aliphatic rings. The number of anilines is 1. The fourth-order valence-electron chi connectivity index (χ4n) is 3.03. The van der Waals surface area contributed by atoms with Crippen LogP contribution in [-0.2, 0) is 14.8 Å². The van der Waals surface area contributed by atoms with Gasteiger partial charge in [-0.2, -0.15) is 4.31 Å². The fraction of sp³-hybridized carbons (Fsp3) is 0.350. The highest BCUT2D eigenvalue weighted by atomic mass is 35.5. The van der Waals surface area contributed by atoms with E-state index >= 15 is 0 Å². The summed E-state index contributed by atoms with van der Waals surface area (Å²) >= 11 is 7.28. The molecule has 2 aromatic rings. The lowest BCUT2D eigenvalue weighted by Crippen LogP contribution is -2.28. The molecule has 0 spiro atoms. The first-order valence-corrected chi connectivity index (χ1v) is 11.9. The van der Waals surface area contributed by atoms with Crippen LogP contribution in [0, 0.1) is 0 Å². The SMILES string of the molecule is COc1ccc(S(=O)(=O)N2CCCC2)cc1NC(=O)[C@H](C)Sc1ccc(Cl)cc1. The van der Waals surface area contributed by atoms with E-state index in [-0.39, 0.29) is 10.8 Å². The van der Waals surface area contributed by atoms with Crippen molar-refractivity contribution in [1.82, 2.24) is 4.31 Å². The van der Waals surface area contributed by atoms with E-state index in [2.05, 4.69) is 5.32 Å². The molecular weight excluding hydrogens is 432 g/mol. The minimum Gasteiger partial charge on any atom is -0.495 e. The van der Waals surface area contributed by atoms with Gasteiger partial charge in [0.15, 0.2) is 0 Å². The standard InChI is InChI=1S/C20H23ClN2O4S2/c1-14(28-16-7-5-15(21)6-8-16)20(24)22-18-13-17(9-10-19(18)27-2)29(25,26)23-11-3-4-12-23/h5-10,13-14H,3-4,11-12H2,1-2H3,(H,22,24)/t14-/m0/s1. The number of nitrogens with one attached hydrogen (secondary N) is 1. The van der Waals surface area contributed by atoms with Gasteiger partial charge in [-0.3, -0.25) is 4.79 Å². The second-order valence-electron chi connectivity index (χ2n) is 6.68. The number of benzene rings is 2. The van der Waals surface area contributed by atoms with Crippen LogP contribution in [0.15, 0.2) is 52.3 Å². The molecule has 1 atom stereocenters. The number of halogens is 1. The summed E-state index contributed by atoms with van der Waals surface area (Å²) in [5.74, 6) is 0.154. The molecule has 0 bridgehead atoms. The van der Waals surface area contributed by atoms with Crippen LogP contribution >= 0.6 is 23.4 Å². The number of methoxy groups -OCH3 is 1. The topological polar surface area (TPSA) is 75.7 Å². The Kier molecular flexibility index (Phi) is 7.10. The highest BCUT2D eigenvalue weighted by Crippen LogP contribution is 2.31. The molecule has 0 unspecified atom stereocenters. The number of ether oxygens (including phenoxy) is 1. The summed E-state index contributed by atoms with van der Waals surface area (Å²) in [7, 11) is -2.11. The number of sulfonamides is 1. The van der Waals surface area contributed by atoms with E-state index in [1.807, 2.05) is 12.1 Å². The van der Waals surface area contributed by atoms with Gasteiger partial charge in [0.25, 0.3) is 0 Å². The first-order valence-electron chi connectivity index (χ1n) is 9.22. The van der Waals surface area contributed by atoms with E-state index in [4.69, 9.17) is 16.3 Å². The third kappa shape index (κ3) is 5.25. The Bertz CT molecular complexity index is 974. The Morgan fingerprint density at radius 1 is 1.17 bits per heavy atom. The molecule has 1 fully saturated rings. The Morgan fingerprint density at radius 2 is 1.83 bits per heavy atom. The first kappa shape index (κ1) is 22.0. The molecule has 1 heterocycles. The zero-order chi connectivity index (χ0) is 21.0. The van der Waals surface area contributed by atoms with Crippen LogP contribution in [-0.4, -0.2) is 44.1 Å². The van der Waals surface area contributed by atoms with Crippen LogP contribution in [0.25, 0.3) is 0 Å². The molecule has 29 heavy (non-hydrogen) atoms. The van der Waals surface area contributed by atoms with Crippen molar-refractivity contribution in [3.63, 3.8) is 0 Å². The Hall–Kier alpha value is -1.74. The molecule has 0 aliphatic carbocycles. The molecule has 6 nitrogen and oxygen atoms in total. The van der Waals surface area contributed by atoms with Crippen LogP contribution in [0.2, 0.25) is 5.02 Å². The Labute approximate surface area is 180 Å². The summed E-state index contributed by atoms with van der Waals surface area (Å²) in [5, 5.41) is 3.03. The zero-order valence-corrected chi connectivity index (χ0v) is 18.6. The molecule has 1 amide bonds. The Morgan fingerprint density at radius 3 is 2.45 bits per heavy atom. The van der Waals surface area contributed by atoms with E-state index in [1.165, 1.54) is 35.3 Å². The molecule has 1 aliphatic heterocycles. The third-order valence-corrected chi connectivity index (χ3v) is 7.89. The van der Waals surface area contributed by atoms with Crippen LogP contribution in [0.1, 0.15) is 19.8 Å². The van der Waals surface area contributed by atoms with Crippen molar-refractivity contribution in [1.29, 1.82) is 0 Å². The molecule has 9 heteroatoms. The summed E-state index contributed by atoms with van der Waals surface area (Å²) in [4.78, 5) is 13.8. The maximum Gasteiger partial charge on any atom is 0.243 e. The molecule has 0 aromatic heterocycles. The monoisotopic (exact) mass is 454 g/mol. The van der Waals surface area contributed by atoms with Gasteiger partial charge in [-0.05, 0) is 62.2 Å². The van der Waals surface area contributed by atoms with E-state index in [0.29, 0.717) is 29.5 Å². The number of nitrogens with zero attached hydrogens (tertiary/aromatic N) is 1. The van der Waals surface area contributed by atoms with Crippen LogP contribution in [0.3, 0.4) is 0 Å². The quantitative estimate of drug-likeness (QED) is 0.633. The zero-order valence-electron chi connectivity index (χ0n) is 16.2. The van der Waals surface area contributed by atoms with Crippen LogP contribution < -0.4 is 10.1 Å². The van der Waals surface area contributed by atoms with E-state index in [1.54, 1.807) is 25.1 Å². The average molecular weight is 455 g/mol. The lowest BCUT2D eigenvalue weighted by Gasteiger charge is -2.18. The number of carbonyl (C=O) groups excluding carboxylic acids is 1. The fourth-order valence-corrected chi connectivity index (χ4v) is 5.57. The number of hydrogen-bond acceptors (Lipinski definition) is 5. The third-order valence-electron chi connectivity index (χ3n) is 4.63. The summed E-state index contributed by atoms with van der Waals surface area (Å²) in [6.07, 6.45) is 1.72. The molecule has 0 radical (unpaired) electrons. The predicted molar refractivity (Wildman–Crippen MR) is 116 cm³/mol. The molecular formula is C20H23ClN2O4S2. The molecule has 3 rings (SSSR count). The molecule has 1 saturated heterocycles. The lowest BCUT2D eigenvalue weighted by atomic mass is 10.3. The first-order chi connectivity index (χ1) is 13.8. The van der Waals surface area contributed by atoms with E-state index < -0.39 is 15.3 Å². The molecule has 1 N–H and O–H groups in total. The maximum absolute atomic E-state index is 12.8. The maximum atomic E-state index is 12.8. The second-order valence-corrected chi connectivity index (χ2v) is 10.5. The van der Waals surface area contributed by atoms with Crippen molar-refractivity contribution in [3.8, 4) is 5.75 Å². The molecule has 156 valence electrons. The predicted octanol–water partition coefficient (Wildman–Crippen LogP) is 4.25. The van der Waals surface area contributed by atoms with Gasteiger partial charge in [0.05, 0.1) is 22.9 Å². The van der Waals surface area contributed by atoms with Crippen molar-refractivity contribution in [2.75, 3.05) is 25.5 Å². The highest BCUT2D eigenvalue weighted by Gasteiger charge is 2.28. The highest BCUT2D eigenvalue weighted by molar-refractivity contribution is 8.00. The van der Waals surface area contributed by atoms with Gasteiger partial charge in [0, 0.05) is 23.0 Å². The van der Waals surface area contributed by atoms with Gasteiger partial charge in [0.2, 0.25) is 15.9 Å². The van der Waals surface area contributed by atoms with Gasteiger partial charge >= 0.3 is 0 Å². The van der Waals surface area contributed by atoms with Crippen LogP contribution in [0.5, 0.6) is 5.75 Å². The smallest absolute Gasteiger partial charge is 0.243 e. The number of thioether (sulfide) groups is 1. The summed E-state index contributed by atoms with van der Waals surface area (Å²) in [6.45, 7) is 2.82. The number of carbonyl (C=O) groups is 1. The minimum atomic E-state index is -3.59. The van der Waals surface area contributed by atoms with Gasteiger partial charge < -0.3 is 10.1 Å². The molecule has 0 saturated carbocycles. The lowest BCUT2D eigenvalue weighted by molar-refractivity contribution is -0.115. The van der Waals surface area contributed by atoms with Gasteiger partial charge in [0.1, 0.15) is 5.75 Å². The van der Waals surface area contributed by atoms with Crippen molar-refractivity contribution in [3.05, 3.63) is 47.5 Å². The van der Waals surface area contributed by atoms with Gasteiger partial charge in [-0.25, -0.2) is 8.42 Å². The summed E-state index contributed by atoms with van der Waals surface area (Å²) in [5.41, 5.74) is 0.335. The van der Waals surface area contributed by atoms with Crippen molar-refractivity contribution in [2.24, 2.45) is 0 Å². The number of amides is 1. The Balaban J connectivity index is 1.78. The number of rotatable bonds is 7. The van der Waals surface area contributed by atoms with Crippen molar-refractivity contribution >= 4 is 45.0 Å². The normalized spacial score (nSPS) is 15.8. The van der Waals surface area contributed by atoms with E-state index in [9.17, 15) is 13.2 Å². The van der Waals surface area contributed by atoms with Crippen LogP contribution in [0.4, 0.5) is 5.69 Å². The van der Waals surface area contributed by atoms with E-state index in [0.717, 1.165) is 17.7 Å². The van der Waals surface area contributed by atoms with Gasteiger partial charge in [-0.1, -0.05) is 11.6 Å². The number of hydrogen-bond donors (Lipinski definition) is 1.